The van der Waals surface area contributed by atoms with Crippen molar-refractivity contribution in [2.24, 2.45) is 0 Å². The Morgan fingerprint density at radius 2 is 1.06 bits per heavy atom. The van der Waals surface area contributed by atoms with E-state index in [0.29, 0.717) is 0 Å². The van der Waals surface area contributed by atoms with E-state index < -0.39 is 0 Å². The summed E-state index contributed by atoms with van der Waals surface area (Å²) in [7, 11) is 0. The maximum Gasteiger partial charge on any atom is 0.136 e. The Labute approximate surface area is 276 Å². The first-order valence-electron chi connectivity index (χ1n) is 15.9. The molecular weight excluding hydrogens is 591 g/mol. The number of aromatic nitrogens is 1. The molecule has 0 N–H and O–H groups in total. The van der Waals surface area contributed by atoms with Gasteiger partial charge in [-0.25, -0.2) is 0 Å². The van der Waals surface area contributed by atoms with Crippen LogP contribution in [0.25, 0.3) is 81.4 Å². The highest BCUT2D eigenvalue weighted by atomic mass is 32.1. The molecule has 0 saturated carbocycles. The summed E-state index contributed by atoms with van der Waals surface area (Å²) in [5.74, 6) is 1.72. The lowest BCUT2D eigenvalue weighted by atomic mass is 9.96. The number of nitrogens with zero attached hydrogens (tertiary/aromatic N) is 1. The molecule has 0 atom stereocenters. The zero-order valence-corrected chi connectivity index (χ0v) is 26.2. The van der Waals surface area contributed by atoms with Crippen molar-refractivity contribution in [2.45, 2.75) is 0 Å². The maximum absolute atomic E-state index is 6.65. The van der Waals surface area contributed by atoms with Crippen LogP contribution in [-0.4, -0.2) is 4.57 Å². The van der Waals surface area contributed by atoms with Gasteiger partial charge in [0.2, 0.25) is 0 Å². The number of fused-ring (bicyclic) bond motifs is 10. The van der Waals surface area contributed by atoms with Crippen LogP contribution >= 0.6 is 11.3 Å². The van der Waals surface area contributed by atoms with E-state index >= 15 is 0 Å². The quantitative estimate of drug-likeness (QED) is 0.192. The molecule has 0 aliphatic carbocycles. The first-order chi connectivity index (χ1) is 23.3. The molecule has 0 unspecified atom stereocenters. The lowest BCUT2D eigenvalue weighted by Crippen LogP contribution is -1.99. The molecule has 0 amide bonds. The highest BCUT2D eigenvalue weighted by molar-refractivity contribution is 7.25. The van der Waals surface area contributed by atoms with E-state index in [0.717, 1.165) is 34.0 Å². The second-order valence-corrected chi connectivity index (χ2v) is 13.2. The molecule has 9 aromatic rings. The summed E-state index contributed by atoms with van der Waals surface area (Å²) in [6.45, 7) is 0. The summed E-state index contributed by atoms with van der Waals surface area (Å²) in [5, 5.41) is 3.82. The van der Waals surface area contributed by atoms with E-state index in [4.69, 9.17) is 4.74 Å². The average molecular weight is 618 g/mol. The van der Waals surface area contributed by atoms with Gasteiger partial charge in [0.25, 0.3) is 0 Å². The van der Waals surface area contributed by atoms with Crippen molar-refractivity contribution in [3.63, 3.8) is 0 Å². The Morgan fingerprint density at radius 3 is 1.96 bits per heavy atom. The van der Waals surface area contributed by atoms with Crippen LogP contribution in [0.1, 0.15) is 0 Å². The van der Waals surface area contributed by atoms with Gasteiger partial charge in [0, 0.05) is 53.5 Å². The van der Waals surface area contributed by atoms with Crippen LogP contribution < -0.4 is 4.74 Å². The second kappa shape index (κ2) is 10.3. The molecule has 0 bridgehead atoms. The largest absolute Gasteiger partial charge is 0.456 e. The van der Waals surface area contributed by atoms with Crippen molar-refractivity contribution in [1.29, 1.82) is 0 Å². The summed E-state index contributed by atoms with van der Waals surface area (Å²) in [6.07, 6.45) is 0. The SMILES string of the molecule is c1ccc(-c2cccc3c4c(n(-c5cccc(-c6ccc7sc8ccccc8c7c6)c5)c23)-c2ccccc2Oc2ccccc2-4)cc1. The first kappa shape index (κ1) is 26.3. The summed E-state index contributed by atoms with van der Waals surface area (Å²) in [5.41, 5.74) is 11.6. The van der Waals surface area contributed by atoms with Crippen LogP contribution in [0.5, 0.6) is 11.5 Å². The molecule has 0 fully saturated rings. The van der Waals surface area contributed by atoms with Gasteiger partial charge in [-0.05, 0) is 65.2 Å². The molecule has 0 spiro atoms. The molecule has 47 heavy (non-hydrogen) atoms. The van der Waals surface area contributed by atoms with Crippen LogP contribution in [0.4, 0.5) is 0 Å². The lowest BCUT2D eigenvalue weighted by molar-refractivity contribution is 0.487. The number of para-hydroxylation sites is 3. The van der Waals surface area contributed by atoms with Crippen molar-refractivity contribution in [3.05, 3.63) is 164 Å². The number of hydrogen-bond donors (Lipinski definition) is 0. The van der Waals surface area contributed by atoms with Gasteiger partial charge in [-0.1, -0.05) is 115 Å². The van der Waals surface area contributed by atoms with Gasteiger partial charge >= 0.3 is 0 Å². The fourth-order valence-corrected chi connectivity index (χ4v) is 8.42. The number of thiophene rings is 1. The average Bonchev–Trinajstić information content (AvgIpc) is 3.64. The third kappa shape index (κ3) is 4.04. The first-order valence-corrected chi connectivity index (χ1v) is 16.7. The molecule has 2 aromatic heterocycles. The van der Waals surface area contributed by atoms with Crippen molar-refractivity contribution in [1.82, 2.24) is 4.57 Å². The van der Waals surface area contributed by atoms with Crippen molar-refractivity contribution < 1.29 is 4.74 Å². The zero-order valence-electron chi connectivity index (χ0n) is 25.4. The smallest absolute Gasteiger partial charge is 0.136 e. The standard InChI is InChI=1S/C44H27NOS/c1-2-12-28(13-3-1)32-19-11-20-36-42-34-17-4-7-21-38(34)46-39-22-8-5-18-35(39)44(42)45(43(32)36)31-15-10-14-29(26-31)30-24-25-41-37(27-30)33-16-6-9-23-40(33)47-41/h1-27H. The Hall–Kier alpha value is -5.90. The topological polar surface area (TPSA) is 14.2 Å². The summed E-state index contributed by atoms with van der Waals surface area (Å²) in [6, 6.07) is 58.9. The minimum Gasteiger partial charge on any atom is -0.456 e. The van der Waals surface area contributed by atoms with Crippen LogP contribution in [0, 0.1) is 0 Å². The van der Waals surface area contributed by atoms with Gasteiger partial charge < -0.3 is 9.30 Å². The Balaban J connectivity index is 1.30. The Kier molecular flexibility index (Phi) is 5.78. The minimum atomic E-state index is 0.856. The molecule has 10 rings (SSSR count). The highest BCUT2D eigenvalue weighted by Crippen LogP contribution is 2.53. The van der Waals surface area contributed by atoms with Gasteiger partial charge in [0.05, 0.1) is 11.2 Å². The van der Waals surface area contributed by atoms with Gasteiger partial charge in [-0.2, -0.15) is 0 Å². The Bertz CT molecular complexity index is 2660. The summed E-state index contributed by atoms with van der Waals surface area (Å²) in [4.78, 5) is 0. The fourth-order valence-electron chi connectivity index (χ4n) is 7.34. The molecule has 3 heteroatoms. The predicted molar refractivity (Wildman–Crippen MR) is 198 cm³/mol. The molecule has 3 heterocycles. The van der Waals surface area contributed by atoms with E-state index in [9.17, 15) is 0 Å². The van der Waals surface area contributed by atoms with Crippen LogP contribution in [-0.2, 0) is 0 Å². The molecular formula is C44H27NOS. The maximum atomic E-state index is 6.65. The van der Waals surface area contributed by atoms with Gasteiger partial charge in [-0.15, -0.1) is 11.3 Å². The van der Waals surface area contributed by atoms with Gasteiger partial charge in [-0.3, -0.25) is 0 Å². The molecule has 1 aliphatic rings. The number of hydrogen-bond acceptors (Lipinski definition) is 2. The predicted octanol–water partition coefficient (Wildman–Crippen LogP) is 12.8. The minimum absolute atomic E-state index is 0.856. The normalized spacial score (nSPS) is 12.0. The van der Waals surface area contributed by atoms with E-state index in [1.165, 1.54) is 58.9 Å². The van der Waals surface area contributed by atoms with Crippen molar-refractivity contribution in [2.75, 3.05) is 0 Å². The van der Waals surface area contributed by atoms with E-state index in [2.05, 4.69) is 168 Å². The second-order valence-electron chi connectivity index (χ2n) is 12.1. The third-order valence-corrected chi connectivity index (χ3v) is 10.6. The van der Waals surface area contributed by atoms with Gasteiger partial charge in [0.1, 0.15) is 11.5 Å². The number of ether oxygens (including phenoxy) is 1. The fraction of sp³-hybridized carbons (Fsp3) is 0. The third-order valence-electron chi connectivity index (χ3n) is 9.41. The van der Waals surface area contributed by atoms with E-state index in [1.807, 2.05) is 11.3 Å². The highest BCUT2D eigenvalue weighted by Gasteiger charge is 2.29. The number of rotatable bonds is 3. The number of benzene rings is 7. The van der Waals surface area contributed by atoms with Crippen LogP contribution in [0.3, 0.4) is 0 Å². The zero-order chi connectivity index (χ0) is 30.9. The van der Waals surface area contributed by atoms with E-state index in [1.54, 1.807) is 0 Å². The van der Waals surface area contributed by atoms with Gasteiger partial charge in [0.15, 0.2) is 0 Å². The Morgan fingerprint density at radius 1 is 0.426 bits per heavy atom. The monoisotopic (exact) mass is 617 g/mol. The molecule has 1 aliphatic heterocycles. The van der Waals surface area contributed by atoms with E-state index in [-0.39, 0.29) is 0 Å². The molecule has 220 valence electrons. The van der Waals surface area contributed by atoms with Crippen LogP contribution in [0.2, 0.25) is 0 Å². The lowest BCUT2D eigenvalue weighted by Gasteiger charge is -2.16. The summed E-state index contributed by atoms with van der Waals surface area (Å²) >= 11 is 1.86. The van der Waals surface area contributed by atoms with Crippen molar-refractivity contribution in [3.8, 4) is 61.8 Å². The van der Waals surface area contributed by atoms with Crippen LogP contribution in [0.15, 0.2) is 164 Å². The molecule has 2 nitrogen and oxygen atoms in total. The molecule has 0 radical (unpaired) electrons. The molecule has 7 aromatic carbocycles. The summed E-state index contributed by atoms with van der Waals surface area (Å²) < 4.78 is 11.8. The molecule has 0 saturated heterocycles. The van der Waals surface area contributed by atoms with Crippen molar-refractivity contribution >= 4 is 42.4 Å².